The molecule has 0 aliphatic carbocycles. The molecule has 1 heterocycles. The summed E-state index contributed by atoms with van der Waals surface area (Å²) < 4.78 is 26.4. The molecule has 92 valence electrons. The summed E-state index contributed by atoms with van der Waals surface area (Å²) in [6.07, 6.45) is -0.449. The summed E-state index contributed by atoms with van der Waals surface area (Å²) in [5, 5.41) is -0.302. The molecular formula is C8H16BO5PS. The second-order valence-corrected chi connectivity index (χ2v) is 6.92. The molecule has 1 saturated heterocycles. The number of hydrogen-bond donors (Lipinski definition) is 1. The third kappa shape index (κ3) is 3.76. The maximum atomic E-state index is 11.0. The Labute approximate surface area is 101 Å². The van der Waals surface area contributed by atoms with Crippen LogP contribution in [0, 0.1) is 0 Å². The molecule has 0 aromatic heterocycles. The maximum Gasteiger partial charge on any atom is 0.325 e. The number of methoxy groups -OCH3 is 2. The van der Waals surface area contributed by atoms with Crippen molar-refractivity contribution in [3.63, 3.8) is 0 Å². The quantitative estimate of drug-likeness (QED) is 0.576. The van der Waals surface area contributed by atoms with E-state index >= 15 is 0 Å². The van der Waals surface area contributed by atoms with Gasteiger partial charge >= 0.3 is 7.60 Å². The minimum absolute atomic E-state index is 0.0922. The van der Waals surface area contributed by atoms with Crippen molar-refractivity contribution in [1.82, 2.24) is 0 Å². The van der Waals surface area contributed by atoms with E-state index in [-0.39, 0.29) is 29.2 Å². The van der Waals surface area contributed by atoms with Crippen LogP contribution in [-0.4, -0.2) is 62.8 Å². The van der Waals surface area contributed by atoms with Gasteiger partial charge in [-0.1, -0.05) is 0 Å². The molecule has 5 atom stereocenters. The Morgan fingerprint density at radius 3 is 2.38 bits per heavy atom. The minimum Gasteiger partial charge on any atom is -0.378 e. The monoisotopic (exact) mass is 266 g/mol. The first kappa shape index (κ1) is 14.5. The first-order valence-corrected chi connectivity index (χ1v) is 7.77. The molecule has 0 amide bonds. The van der Waals surface area contributed by atoms with Gasteiger partial charge in [-0.2, -0.15) is 11.8 Å². The smallest absolute Gasteiger partial charge is 0.325 e. The summed E-state index contributed by atoms with van der Waals surface area (Å²) in [6, 6.07) is 0. The van der Waals surface area contributed by atoms with Crippen LogP contribution in [0.1, 0.15) is 0 Å². The Hall–Kier alpha value is 0.485. The van der Waals surface area contributed by atoms with E-state index < -0.39 is 7.60 Å². The molecule has 0 aromatic carbocycles. The first-order chi connectivity index (χ1) is 7.39. The Morgan fingerprint density at radius 1 is 1.38 bits per heavy atom. The van der Waals surface area contributed by atoms with E-state index in [9.17, 15) is 4.57 Å². The molecule has 1 rings (SSSR count). The minimum atomic E-state index is -3.45. The summed E-state index contributed by atoms with van der Waals surface area (Å²) in [5.74, 6) is 0. The highest BCUT2D eigenvalue weighted by molar-refractivity contribution is 8.02. The lowest BCUT2D eigenvalue weighted by Crippen LogP contribution is -2.37. The highest BCUT2D eigenvalue weighted by Crippen LogP contribution is 2.41. The third-order valence-electron chi connectivity index (χ3n) is 2.37. The zero-order valence-corrected chi connectivity index (χ0v) is 11.2. The highest BCUT2D eigenvalue weighted by Gasteiger charge is 2.42. The van der Waals surface area contributed by atoms with Gasteiger partial charge in [0.25, 0.3) is 0 Å². The fraction of sp³-hybridized carbons (Fsp3) is 1.00. The lowest BCUT2D eigenvalue weighted by molar-refractivity contribution is -0.0254. The molecule has 1 fully saturated rings. The molecular weight excluding hydrogens is 250 g/mol. The van der Waals surface area contributed by atoms with Crippen LogP contribution in [0.5, 0.6) is 0 Å². The van der Waals surface area contributed by atoms with Crippen LogP contribution in [0.2, 0.25) is 0 Å². The molecule has 16 heavy (non-hydrogen) atoms. The zero-order chi connectivity index (χ0) is 12.3. The Bertz CT molecular complexity index is 273. The molecule has 5 nitrogen and oxygen atoms in total. The first-order valence-electron chi connectivity index (χ1n) is 4.80. The van der Waals surface area contributed by atoms with Gasteiger partial charge in [-0.05, 0) is 5.15 Å². The van der Waals surface area contributed by atoms with E-state index in [1.807, 2.05) is 0 Å². The van der Waals surface area contributed by atoms with Crippen LogP contribution in [0.15, 0.2) is 0 Å². The average Bonchev–Trinajstić information content (AvgIpc) is 2.49. The van der Waals surface area contributed by atoms with Gasteiger partial charge in [-0.3, -0.25) is 4.57 Å². The largest absolute Gasteiger partial charge is 0.378 e. The maximum absolute atomic E-state index is 11.0. The van der Waals surface area contributed by atoms with Gasteiger partial charge in [0.05, 0.1) is 31.9 Å². The molecule has 0 aromatic rings. The fourth-order valence-corrected chi connectivity index (χ4v) is 3.59. The summed E-state index contributed by atoms with van der Waals surface area (Å²) in [5.41, 5.74) is 0. The van der Waals surface area contributed by atoms with Crippen LogP contribution in [0.25, 0.3) is 0 Å². The molecule has 1 aliphatic rings. The lowest BCUT2D eigenvalue weighted by Gasteiger charge is -2.22. The molecule has 1 N–H and O–H groups in total. The number of rotatable bonds is 5. The van der Waals surface area contributed by atoms with Crippen molar-refractivity contribution in [2.24, 2.45) is 0 Å². The van der Waals surface area contributed by atoms with E-state index in [1.165, 1.54) is 11.8 Å². The summed E-state index contributed by atoms with van der Waals surface area (Å²) in [4.78, 5) is 9.05. The molecule has 5 unspecified atom stereocenters. The normalized spacial score (nSPS) is 38.5. The van der Waals surface area contributed by atoms with Gasteiger partial charge in [-0.25, -0.2) is 0 Å². The van der Waals surface area contributed by atoms with E-state index in [4.69, 9.17) is 26.7 Å². The van der Waals surface area contributed by atoms with Gasteiger partial charge in [0, 0.05) is 20.9 Å². The van der Waals surface area contributed by atoms with Crippen molar-refractivity contribution in [3.8, 4) is 0 Å². The molecule has 0 saturated carbocycles. The Kier molecular flexibility index (Phi) is 5.36. The third-order valence-corrected chi connectivity index (χ3v) is 4.33. The van der Waals surface area contributed by atoms with Crippen LogP contribution in [0.3, 0.4) is 0 Å². The number of thioether (sulfide) groups is 1. The second kappa shape index (κ2) is 5.89. The van der Waals surface area contributed by atoms with Crippen molar-refractivity contribution >= 4 is 27.2 Å². The molecule has 0 bridgehead atoms. The van der Waals surface area contributed by atoms with Crippen LogP contribution < -0.4 is 0 Å². The predicted octanol–water partition coefficient (Wildman–Crippen LogP) is 0.458. The van der Waals surface area contributed by atoms with Crippen molar-refractivity contribution < 1.29 is 23.5 Å². The van der Waals surface area contributed by atoms with Gasteiger partial charge in [0.2, 0.25) is 0 Å². The molecule has 2 radical (unpaired) electrons. The van der Waals surface area contributed by atoms with Gasteiger partial charge < -0.3 is 18.9 Å². The summed E-state index contributed by atoms with van der Waals surface area (Å²) in [6.45, 7) is 1.28. The molecule has 8 heteroatoms. The standard InChI is InChI=1S/C8H16BO5PS/c1-12-6-5(4-14-15(3,10)11)16-8(9)7(6)13-2/h5-8H,4H2,1-3H3,(H,10,11). The van der Waals surface area contributed by atoms with Crippen LogP contribution >= 0.6 is 19.4 Å². The zero-order valence-electron chi connectivity index (χ0n) is 9.53. The topological polar surface area (TPSA) is 65.0 Å². The van der Waals surface area contributed by atoms with Crippen LogP contribution in [0.4, 0.5) is 0 Å². The molecule has 1 aliphatic heterocycles. The van der Waals surface area contributed by atoms with Gasteiger partial charge in [0.1, 0.15) is 0 Å². The number of hydrogen-bond acceptors (Lipinski definition) is 5. The van der Waals surface area contributed by atoms with Crippen LogP contribution in [-0.2, 0) is 18.6 Å². The van der Waals surface area contributed by atoms with Crippen molar-refractivity contribution in [2.45, 2.75) is 22.6 Å². The van der Waals surface area contributed by atoms with Crippen molar-refractivity contribution in [3.05, 3.63) is 0 Å². The fourth-order valence-electron chi connectivity index (χ4n) is 1.66. The second-order valence-electron chi connectivity index (χ2n) is 3.64. The molecule has 0 spiro atoms. The van der Waals surface area contributed by atoms with E-state index in [1.54, 1.807) is 14.2 Å². The van der Waals surface area contributed by atoms with Crippen molar-refractivity contribution in [1.29, 1.82) is 0 Å². The van der Waals surface area contributed by atoms with E-state index in [0.29, 0.717) is 0 Å². The van der Waals surface area contributed by atoms with Gasteiger partial charge in [-0.15, -0.1) is 0 Å². The summed E-state index contributed by atoms with van der Waals surface area (Å²) >= 11 is 1.44. The van der Waals surface area contributed by atoms with E-state index in [2.05, 4.69) is 0 Å². The van der Waals surface area contributed by atoms with E-state index in [0.717, 1.165) is 6.66 Å². The SMILES string of the molecule is [B]C1SC(COP(C)(=O)O)C(OC)C1OC. The lowest BCUT2D eigenvalue weighted by atomic mass is 9.94. The summed E-state index contributed by atoms with van der Waals surface area (Å²) in [7, 11) is 5.53. The number of ether oxygens (including phenoxy) is 2. The van der Waals surface area contributed by atoms with Crippen molar-refractivity contribution in [2.75, 3.05) is 27.5 Å². The van der Waals surface area contributed by atoms with Gasteiger partial charge in [0.15, 0.2) is 0 Å². The average molecular weight is 266 g/mol. The highest BCUT2D eigenvalue weighted by atomic mass is 32.2. The Morgan fingerprint density at radius 2 is 1.94 bits per heavy atom. The Balaban J connectivity index is 2.57. The predicted molar refractivity (Wildman–Crippen MR) is 64.2 cm³/mol.